The van der Waals surface area contributed by atoms with Gasteiger partial charge in [0.05, 0.1) is 0 Å². The lowest BCUT2D eigenvalue weighted by Crippen LogP contribution is -2.35. The second-order valence-electron chi connectivity index (χ2n) is 4.83. The highest BCUT2D eigenvalue weighted by molar-refractivity contribution is 9.09. The molecule has 18 heavy (non-hydrogen) atoms. The molecule has 1 aromatic carbocycles. The molecule has 1 heterocycles. The van der Waals surface area contributed by atoms with Crippen molar-refractivity contribution in [1.29, 1.82) is 0 Å². The van der Waals surface area contributed by atoms with Crippen LogP contribution in [0.3, 0.4) is 0 Å². The van der Waals surface area contributed by atoms with E-state index < -0.39 is 0 Å². The van der Waals surface area contributed by atoms with E-state index >= 15 is 0 Å². The topological polar surface area (TPSA) is 3.24 Å². The Hall–Kier alpha value is -0.120. The third kappa shape index (κ3) is 3.46. The molecule has 0 amide bonds. The Morgan fingerprint density at radius 3 is 2.89 bits per heavy atom. The van der Waals surface area contributed by atoms with Crippen molar-refractivity contribution in [3.63, 3.8) is 0 Å². The molecule has 1 nitrogen and oxygen atoms in total. The normalized spacial score (nSPS) is 21.8. The predicted molar refractivity (Wildman–Crippen MR) is 77.9 cm³/mol. The minimum absolute atomic E-state index is 0.194. The zero-order chi connectivity index (χ0) is 13.0. The molecule has 2 rings (SSSR count). The largest absolute Gasteiger partial charge is 0.295 e. The summed E-state index contributed by atoms with van der Waals surface area (Å²) in [7, 11) is 0. The van der Waals surface area contributed by atoms with E-state index in [1.54, 1.807) is 12.1 Å². The lowest BCUT2D eigenvalue weighted by Gasteiger charge is -2.29. The van der Waals surface area contributed by atoms with Gasteiger partial charge in [0.25, 0.3) is 0 Å². The fourth-order valence-corrected chi connectivity index (χ4v) is 3.46. The summed E-state index contributed by atoms with van der Waals surface area (Å²) < 4.78 is 13.8. The number of nitrogens with zero attached hydrogens (tertiary/aromatic N) is 1. The van der Waals surface area contributed by atoms with Gasteiger partial charge in [0.2, 0.25) is 0 Å². The van der Waals surface area contributed by atoms with Gasteiger partial charge < -0.3 is 0 Å². The molecule has 100 valence electrons. The fraction of sp³-hybridized carbons (Fsp3) is 0.571. The van der Waals surface area contributed by atoms with Crippen LogP contribution in [-0.2, 0) is 6.54 Å². The lowest BCUT2D eigenvalue weighted by molar-refractivity contribution is 0.207. The van der Waals surface area contributed by atoms with Crippen LogP contribution in [0.4, 0.5) is 4.39 Å². The third-order valence-electron chi connectivity index (χ3n) is 3.60. The van der Waals surface area contributed by atoms with Crippen molar-refractivity contribution >= 4 is 27.5 Å². The minimum atomic E-state index is -0.194. The summed E-state index contributed by atoms with van der Waals surface area (Å²) in [5, 5.41) is 1.48. The molecule has 0 radical (unpaired) electrons. The number of alkyl halides is 1. The molecule has 0 saturated carbocycles. The summed E-state index contributed by atoms with van der Waals surface area (Å²) in [6.07, 6.45) is 4.90. The first-order valence-electron chi connectivity index (χ1n) is 6.45. The smallest absolute Gasteiger partial charge is 0.129 e. The second kappa shape index (κ2) is 6.88. The first-order chi connectivity index (χ1) is 8.72. The summed E-state index contributed by atoms with van der Waals surface area (Å²) in [5.74, 6) is -0.194. The highest BCUT2D eigenvalue weighted by Gasteiger charge is 2.21. The fourth-order valence-electron chi connectivity index (χ4n) is 2.51. The maximum Gasteiger partial charge on any atom is 0.129 e. The summed E-state index contributed by atoms with van der Waals surface area (Å²) >= 11 is 9.67. The molecule has 1 atom stereocenters. The van der Waals surface area contributed by atoms with Crippen LogP contribution in [0.5, 0.6) is 0 Å². The van der Waals surface area contributed by atoms with Crippen molar-refractivity contribution in [3.05, 3.63) is 34.6 Å². The Kier molecular flexibility index (Phi) is 5.46. The molecule has 0 spiro atoms. The molecular formula is C14H18BrClFN. The molecule has 0 bridgehead atoms. The molecule has 0 aromatic heterocycles. The SMILES string of the molecule is Fc1cccc(Cl)c1CN1CCCCCC1CBr. The zero-order valence-electron chi connectivity index (χ0n) is 10.3. The Labute approximate surface area is 121 Å². The van der Waals surface area contributed by atoms with Crippen LogP contribution in [0.25, 0.3) is 0 Å². The van der Waals surface area contributed by atoms with Crippen molar-refractivity contribution in [1.82, 2.24) is 4.90 Å². The molecular weight excluding hydrogens is 317 g/mol. The molecule has 4 heteroatoms. The molecule has 1 unspecified atom stereocenters. The number of benzene rings is 1. The van der Waals surface area contributed by atoms with Crippen molar-refractivity contribution in [2.24, 2.45) is 0 Å². The highest BCUT2D eigenvalue weighted by Crippen LogP contribution is 2.25. The van der Waals surface area contributed by atoms with E-state index in [9.17, 15) is 4.39 Å². The Morgan fingerprint density at radius 2 is 2.17 bits per heavy atom. The average Bonchev–Trinajstić information content (AvgIpc) is 2.59. The average molecular weight is 335 g/mol. The molecule has 1 saturated heterocycles. The molecule has 1 aliphatic heterocycles. The number of hydrogen-bond donors (Lipinski definition) is 0. The van der Waals surface area contributed by atoms with Gasteiger partial charge in [0.1, 0.15) is 5.82 Å². The monoisotopic (exact) mass is 333 g/mol. The van der Waals surface area contributed by atoms with Gasteiger partial charge in [-0.05, 0) is 31.5 Å². The van der Waals surface area contributed by atoms with Crippen LogP contribution in [-0.4, -0.2) is 22.8 Å². The highest BCUT2D eigenvalue weighted by atomic mass is 79.9. The standard InChI is InChI=1S/C14H18BrClFN/c15-9-11-5-2-1-3-8-18(11)10-12-13(16)6-4-7-14(12)17/h4,6-7,11H,1-3,5,8-10H2. The van der Waals surface area contributed by atoms with E-state index in [0.29, 0.717) is 23.2 Å². The van der Waals surface area contributed by atoms with Crippen LogP contribution in [0.1, 0.15) is 31.2 Å². The van der Waals surface area contributed by atoms with Crippen LogP contribution in [0.15, 0.2) is 18.2 Å². The Balaban J connectivity index is 2.15. The number of hydrogen-bond acceptors (Lipinski definition) is 1. The maximum absolute atomic E-state index is 13.8. The van der Waals surface area contributed by atoms with E-state index in [0.717, 1.165) is 11.9 Å². The van der Waals surface area contributed by atoms with Crippen LogP contribution < -0.4 is 0 Å². The van der Waals surface area contributed by atoms with Crippen molar-refractivity contribution < 1.29 is 4.39 Å². The predicted octanol–water partition coefficient (Wildman–Crippen LogP) is 4.62. The Morgan fingerprint density at radius 1 is 1.33 bits per heavy atom. The molecule has 0 aliphatic carbocycles. The van der Waals surface area contributed by atoms with E-state index in [1.165, 1.54) is 31.7 Å². The molecule has 1 fully saturated rings. The minimum Gasteiger partial charge on any atom is -0.295 e. The van der Waals surface area contributed by atoms with Gasteiger partial charge in [0, 0.05) is 28.5 Å². The van der Waals surface area contributed by atoms with Gasteiger partial charge in [-0.3, -0.25) is 4.90 Å². The van der Waals surface area contributed by atoms with E-state index in [1.807, 2.05) is 0 Å². The first-order valence-corrected chi connectivity index (χ1v) is 7.95. The van der Waals surface area contributed by atoms with Gasteiger partial charge in [-0.2, -0.15) is 0 Å². The van der Waals surface area contributed by atoms with E-state index in [-0.39, 0.29) is 5.82 Å². The van der Waals surface area contributed by atoms with Gasteiger partial charge in [-0.15, -0.1) is 0 Å². The van der Waals surface area contributed by atoms with Crippen molar-refractivity contribution in [2.75, 3.05) is 11.9 Å². The summed E-state index contributed by atoms with van der Waals surface area (Å²) in [6.45, 7) is 1.64. The van der Waals surface area contributed by atoms with Crippen LogP contribution in [0, 0.1) is 5.82 Å². The van der Waals surface area contributed by atoms with Crippen LogP contribution >= 0.6 is 27.5 Å². The maximum atomic E-state index is 13.8. The lowest BCUT2D eigenvalue weighted by atomic mass is 10.1. The van der Waals surface area contributed by atoms with Crippen molar-refractivity contribution in [3.8, 4) is 0 Å². The van der Waals surface area contributed by atoms with Crippen molar-refractivity contribution in [2.45, 2.75) is 38.3 Å². The molecule has 1 aromatic rings. The van der Waals surface area contributed by atoms with Gasteiger partial charge in [-0.1, -0.05) is 46.4 Å². The summed E-state index contributed by atoms with van der Waals surface area (Å²) in [4.78, 5) is 2.35. The van der Waals surface area contributed by atoms with Gasteiger partial charge in [-0.25, -0.2) is 4.39 Å². The zero-order valence-corrected chi connectivity index (χ0v) is 12.7. The number of halogens is 3. The Bertz CT molecular complexity index is 379. The van der Waals surface area contributed by atoms with Gasteiger partial charge in [0.15, 0.2) is 0 Å². The second-order valence-corrected chi connectivity index (χ2v) is 5.88. The third-order valence-corrected chi connectivity index (χ3v) is 4.70. The number of likely N-dealkylation sites (tertiary alicyclic amines) is 1. The first kappa shape index (κ1) is 14.3. The van der Waals surface area contributed by atoms with Crippen LogP contribution in [0.2, 0.25) is 5.02 Å². The van der Waals surface area contributed by atoms with E-state index in [2.05, 4.69) is 20.8 Å². The number of rotatable bonds is 3. The molecule has 1 aliphatic rings. The quantitative estimate of drug-likeness (QED) is 0.729. The van der Waals surface area contributed by atoms with Gasteiger partial charge >= 0.3 is 0 Å². The summed E-state index contributed by atoms with van der Waals surface area (Å²) in [5.41, 5.74) is 0.631. The summed E-state index contributed by atoms with van der Waals surface area (Å²) in [6, 6.07) is 5.40. The molecule has 0 N–H and O–H groups in total. The van der Waals surface area contributed by atoms with E-state index in [4.69, 9.17) is 11.6 Å².